The molecule has 5 N–H and O–H groups in total. The summed E-state index contributed by atoms with van der Waals surface area (Å²) in [6.45, 7) is 1.73. The number of halogens is 1. The summed E-state index contributed by atoms with van der Waals surface area (Å²) in [6, 6.07) is 1.55. The van der Waals surface area contributed by atoms with Crippen molar-refractivity contribution >= 4 is 35.8 Å². The van der Waals surface area contributed by atoms with Crippen LogP contribution in [-0.2, 0) is 11.3 Å². The van der Waals surface area contributed by atoms with Gasteiger partial charge in [-0.05, 0) is 18.9 Å². The quantitative estimate of drug-likeness (QED) is 0.384. The van der Waals surface area contributed by atoms with E-state index in [1.54, 1.807) is 6.07 Å². The second-order valence-electron chi connectivity index (χ2n) is 4.38. The van der Waals surface area contributed by atoms with Crippen LogP contribution in [0, 0.1) is 0 Å². The van der Waals surface area contributed by atoms with Gasteiger partial charge >= 0.3 is 0 Å². The molecule has 1 atom stereocenters. The molecule has 1 aromatic rings. The molecule has 0 aromatic carbocycles. The number of nitrogens with one attached hydrogen (secondary N) is 1. The summed E-state index contributed by atoms with van der Waals surface area (Å²) in [4.78, 5) is 15.0. The van der Waals surface area contributed by atoms with Gasteiger partial charge < -0.3 is 25.9 Å². The largest absolute Gasteiger partial charge is 0.467 e. The Labute approximate surface area is 134 Å². The molecule has 7 nitrogen and oxygen atoms in total. The summed E-state index contributed by atoms with van der Waals surface area (Å²) in [5.41, 5.74) is 11.2. The molecule has 2 rings (SSSR count). The van der Waals surface area contributed by atoms with E-state index < -0.39 is 5.91 Å². The van der Waals surface area contributed by atoms with Gasteiger partial charge in [-0.1, -0.05) is 0 Å². The molecular weight excluding hydrogens is 375 g/mol. The molecule has 1 aliphatic heterocycles. The summed E-state index contributed by atoms with van der Waals surface area (Å²) in [5.74, 6) is 0.339. The van der Waals surface area contributed by atoms with E-state index in [0.717, 1.165) is 19.4 Å². The Morgan fingerprint density at radius 2 is 2.30 bits per heavy atom. The van der Waals surface area contributed by atoms with Crippen molar-refractivity contribution in [2.45, 2.75) is 25.5 Å². The fraction of sp³-hybridized carbons (Fsp3) is 0.500. The minimum absolute atomic E-state index is 0. The molecule has 2 heterocycles. The maximum absolute atomic E-state index is 10.9. The Hall–Kier alpha value is -1.29. The molecule has 1 fully saturated rings. The highest BCUT2D eigenvalue weighted by atomic mass is 127. The van der Waals surface area contributed by atoms with E-state index in [-0.39, 0.29) is 36.6 Å². The molecule has 1 saturated heterocycles. The van der Waals surface area contributed by atoms with E-state index in [4.69, 9.17) is 20.6 Å². The minimum Gasteiger partial charge on any atom is -0.467 e. The SMILES string of the molecule is I.NC(=O)c1coc(CN=C(N)NCC2CCCO2)c1. The van der Waals surface area contributed by atoms with Crippen LogP contribution in [0.2, 0.25) is 0 Å². The van der Waals surface area contributed by atoms with Crippen LogP contribution in [0.4, 0.5) is 0 Å². The van der Waals surface area contributed by atoms with E-state index in [2.05, 4.69) is 10.3 Å². The second kappa shape index (κ2) is 8.10. The van der Waals surface area contributed by atoms with E-state index in [1.807, 2.05) is 0 Å². The van der Waals surface area contributed by atoms with Crippen molar-refractivity contribution in [3.63, 3.8) is 0 Å². The fourth-order valence-corrected chi connectivity index (χ4v) is 1.84. The van der Waals surface area contributed by atoms with Crippen LogP contribution >= 0.6 is 24.0 Å². The number of nitrogens with zero attached hydrogens (tertiary/aromatic N) is 1. The predicted octanol–water partition coefficient (Wildman–Crippen LogP) is 0.580. The average molecular weight is 394 g/mol. The number of hydrogen-bond donors (Lipinski definition) is 3. The Morgan fingerprint density at radius 3 is 2.90 bits per heavy atom. The smallest absolute Gasteiger partial charge is 0.251 e. The predicted molar refractivity (Wildman–Crippen MR) is 84.9 cm³/mol. The Morgan fingerprint density at radius 1 is 1.50 bits per heavy atom. The summed E-state index contributed by atoms with van der Waals surface area (Å²) in [7, 11) is 0. The highest BCUT2D eigenvalue weighted by Crippen LogP contribution is 2.10. The average Bonchev–Trinajstić information content (AvgIpc) is 3.05. The summed E-state index contributed by atoms with van der Waals surface area (Å²) in [5, 5.41) is 2.99. The zero-order valence-electron chi connectivity index (χ0n) is 11.0. The number of guanidine groups is 1. The third-order valence-corrected chi connectivity index (χ3v) is 2.88. The van der Waals surface area contributed by atoms with Crippen LogP contribution in [0.3, 0.4) is 0 Å². The van der Waals surface area contributed by atoms with Crippen molar-refractivity contribution in [2.24, 2.45) is 16.5 Å². The zero-order valence-corrected chi connectivity index (χ0v) is 13.3. The van der Waals surface area contributed by atoms with E-state index in [9.17, 15) is 4.79 Å². The van der Waals surface area contributed by atoms with Gasteiger partial charge in [0.2, 0.25) is 0 Å². The standard InChI is InChI=1S/C12H18N4O3.HI/c13-11(17)8-4-10(19-7-8)6-16-12(14)15-5-9-2-1-3-18-9;/h4,7,9H,1-3,5-6H2,(H2,13,17)(H3,14,15,16);1H. The normalized spacial score (nSPS) is 18.6. The molecule has 0 aliphatic carbocycles. The number of furan rings is 1. The van der Waals surface area contributed by atoms with Crippen LogP contribution in [0.5, 0.6) is 0 Å². The van der Waals surface area contributed by atoms with Gasteiger partial charge in [-0.15, -0.1) is 24.0 Å². The Balaban J connectivity index is 0.00000200. The summed E-state index contributed by atoms with van der Waals surface area (Å²) in [6.07, 6.45) is 3.65. The van der Waals surface area contributed by atoms with Crippen molar-refractivity contribution in [2.75, 3.05) is 13.2 Å². The first kappa shape index (κ1) is 16.8. The topological polar surface area (TPSA) is 116 Å². The molecule has 1 aliphatic rings. The first-order valence-corrected chi connectivity index (χ1v) is 6.18. The lowest BCUT2D eigenvalue weighted by atomic mass is 10.2. The van der Waals surface area contributed by atoms with Gasteiger partial charge in [0.15, 0.2) is 5.96 Å². The molecule has 0 spiro atoms. The summed E-state index contributed by atoms with van der Waals surface area (Å²) >= 11 is 0. The molecule has 1 aromatic heterocycles. The number of carbonyl (C=O) groups is 1. The first-order chi connectivity index (χ1) is 9.15. The third kappa shape index (κ3) is 5.00. The van der Waals surface area contributed by atoms with E-state index in [1.165, 1.54) is 6.26 Å². The molecule has 0 saturated carbocycles. The number of amides is 1. The molecule has 8 heteroatoms. The lowest BCUT2D eigenvalue weighted by Crippen LogP contribution is -2.37. The van der Waals surface area contributed by atoms with Crippen molar-refractivity contribution < 1.29 is 13.9 Å². The number of primary amides is 1. The maximum atomic E-state index is 10.9. The number of ether oxygens (including phenoxy) is 1. The summed E-state index contributed by atoms with van der Waals surface area (Å²) < 4.78 is 10.6. The Kier molecular flexibility index (Phi) is 6.79. The van der Waals surface area contributed by atoms with Crippen molar-refractivity contribution in [1.29, 1.82) is 0 Å². The maximum Gasteiger partial charge on any atom is 0.251 e. The van der Waals surface area contributed by atoms with Gasteiger partial charge in [-0.25, -0.2) is 4.99 Å². The van der Waals surface area contributed by atoms with Gasteiger partial charge in [-0.3, -0.25) is 4.79 Å². The van der Waals surface area contributed by atoms with Crippen molar-refractivity contribution in [3.05, 3.63) is 23.7 Å². The molecule has 1 unspecified atom stereocenters. The van der Waals surface area contributed by atoms with Crippen LogP contribution in [-0.4, -0.2) is 31.1 Å². The highest BCUT2D eigenvalue weighted by molar-refractivity contribution is 14.0. The zero-order chi connectivity index (χ0) is 13.7. The second-order valence-corrected chi connectivity index (χ2v) is 4.38. The Bertz CT molecular complexity index is 469. The first-order valence-electron chi connectivity index (χ1n) is 6.18. The number of hydrogen-bond acceptors (Lipinski definition) is 4. The lowest BCUT2D eigenvalue weighted by Gasteiger charge is -2.10. The van der Waals surface area contributed by atoms with Gasteiger partial charge in [-0.2, -0.15) is 0 Å². The number of aliphatic imine (C=N–C) groups is 1. The monoisotopic (exact) mass is 394 g/mol. The molecule has 0 radical (unpaired) electrons. The van der Waals surface area contributed by atoms with E-state index in [0.29, 0.717) is 23.8 Å². The number of carbonyl (C=O) groups excluding carboxylic acids is 1. The number of rotatable bonds is 5. The van der Waals surface area contributed by atoms with Crippen LogP contribution in [0.25, 0.3) is 0 Å². The van der Waals surface area contributed by atoms with Gasteiger partial charge in [0.05, 0.1) is 11.7 Å². The number of nitrogens with two attached hydrogens (primary N) is 2. The van der Waals surface area contributed by atoms with Crippen molar-refractivity contribution in [3.8, 4) is 0 Å². The van der Waals surface area contributed by atoms with Gasteiger partial charge in [0.25, 0.3) is 5.91 Å². The van der Waals surface area contributed by atoms with Crippen molar-refractivity contribution in [1.82, 2.24) is 5.32 Å². The molecule has 112 valence electrons. The molecule has 20 heavy (non-hydrogen) atoms. The lowest BCUT2D eigenvalue weighted by molar-refractivity contribution is 0.0999. The molecular formula is C12H19IN4O3. The van der Waals surface area contributed by atoms with Crippen LogP contribution in [0.1, 0.15) is 29.0 Å². The van der Waals surface area contributed by atoms with Crippen LogP contribution < -0.4 is 16.8 Å². The molecule has 0 bridgehead atoms. The highest BCUT2D eigenvalue weighted by Gasteiger charge is 2.14. The van der Waals surface area contributed by atoms with Gasteiger partial charge in [0.1, 0.15) is 18.6 Å². The van der Waals surface area contributed by atoms with E-state index >= 15 is 0 Å². The minimum atomic E-state index is -0.525. The third-order valence-electron chi connectivity index (χ3n) is 2.88. The van der Waals surface area contributed by atoms with Crippen LogP contribution in [0.15, 0.2) is 21.7 Å². The fourth-order valence-electron chi connectivity index (χ4n) is 1.84. The molecule has 1 amide bonds. The van der Waals surface area contributed by atoms with Gasteiger partial charge in [0, 0.05) is 13.2 Å².